The number of β-amino-alcohol motifs (C(OH)–C–C–N with tert-alkyl or cyclic N) is 1. The van der Waals surface area contributed by atoms with E-state index in [0.29, 0.717) is 56.4 Å². The molecule has 1 atom stereocenters. The number of rotatable bonds is 6. The molecule has 0 bridgehead atoms. The summed E-state index contributed by atoms with van der Waals surface area (Å²) in [6.07, 6.45) is 7.75. The molecule has 7 rings (SSSR count). The molecule has 216 valence electrons. The molecule has 0 spiro atoms. The smallest absolute Gasteiger partial charge is 0.318 e. The third-order valence-corrected chi connectivity index (χ3v) is 9.78. The molecule has 9 nitrogen and oxygen atoms in total. The van der Waals surface area contributed by atoms with E-state index in [0.717, 1.165) is 80.1 Å². The van der Waals surface area contributed by atoms with Crippen molar-refractivity contribution in [2.24, 2.45) is 0 Å². The molecule has 1 aliphatic carbocycles. The Labute approximate surface area is 241 Å². The topological polar surface area (TPSA) is 94.4 Å². The molecule has 3 saturated heterocycles. The molecule has 2 N–H and O–H groups in total. The standard InChI is InChI=1S/C30H40ClN5O4/c1-29(38)17-35(12-13-39-18-29)27-22-6-11-34(25-15-21(37)14-23(31)26(25)20-4-5-20)16-24(22)32-28(33-27)40-19-30-7-2-9-36(30)10-3-8-30/h14-15,20,37-38H,2-13,16-19H2,1H3. The van der Waals surface area contributed by atoms with Crippen LogP contribution in [-0.4, -0.2) is 88.8 Å². The average molecular weight is 570 g/mol. The van der Waals surface area contributed by atoms with Crippen LogP contribution >= 0.6 is 11.6 Å². The van der Waals surface area contributed by atoms with Gasteiger partial charge in [-0.3, -0.25) is 4.90 Å². The van der Waals surface area contributed by atoms with Crippen molar-refractivity contribution >= 4 is 23.1 Å². The van der Waals surface area contributed by atoms with Gasteiger partial charge < -0.3 is 29.5 Å². The highest BCUT2D eigenvalue weighted by Crippen LogP contribution is 2.49. The highest BCUT2D eigenvalue weighted by molar-refractivity contribution is 6.32. The summed E-state index contributed by atoms with van der Waals surface area (Å²) >= 11 is 6.65. The maximum Gasteiger partial charge on any atom is 0.318 e. The summed E-state index contributed by atoms with van der Waals surface area (Å²) in [7, 11) is 0. The number of aliphatic hydroxyl groups is 1. The number of aromatic nitrogens is 2. The summed E-state index contributed by atoms with van der Waals surface area (Å²) in [5, 5.41) is 22.0. The first kappa shape index (κ1) is 26.6. The third-order valence-electron chi connectivity index (χ3n) is 9.47. The van der Waals surface area contributed by atoms with Gasteiger partial charge in [-0.15, -0.1) is 0 Å². The number of halogens is 1. The fourth-order valence-electron chi connectivity index (χ4n) is 7.39. The van der Waals surface area contributed by atoms with Crippen molar-refractivity contribution in [3.05, 3.63) is 34.0 Å². The number of nitrogens with zero attached hydrogens (tertiary/aromatic N) is 5. The van der Waals surface area contributed by atoms with Gasteiger partial charge in [-0.2, -0.15) is 9.97 Å². The van der Waals surface area contributed by atoms with Crippen LogP contribution in [0.4, 0.5) is 11.5 Å². The lowest BCUT2D eigenvalue weighted by Crippen LogP contribution is -2.44. The predicted molar refractivity (Wildman–Crippen MR) is 154 cm³/mol. The lowest BCUT2D eigenvalue weighted by molar-refractivity contribution is -0.0123. The van der Waals surface area contributed by atoms with E-state index >= 15 is 0 Å². The lowest BCUT2D eigenvalue weighted by Gasteiger charge is -2.36. The largest absolute Gasteiger partial charge is 0.508 e. The lowest BCUT2D eigenvalue weighted by atomic mass is 9.95. The van der Waals surface area contributed by atoms with Crippen molar-refractivity contribution in [2.75, 3.05) is 62.3 Å². The van der Waals surface area contributed by atoms with Crippen LogP contribution in [0.1, 0.15) is 68.2 Å². The minimum absolute atomic E-state index is 0.100. The van der Waals surface area contributed by atoms with E-state index in [1.54, 1.807) is 6.07 Å². The van der Waals surface area contributed by atoms with E-state index in [-0.39, 0.29) is 11.3 Å². The van der Waals surface area contributed by atoms with Crippen LogP contribution in [0.3, 0.4) is 0 Å². The first-order valence-corrected chi connectivity index (χ1v) is 15.3. The monoisotopic (exact) mass is 569 g/mol. The van der Waals surface area contributed by atoms with E-state index in [9.17, 15) is 10.2 Å². The summed E-state index contributed by atoms with van der Waals surface area (Å²) in [6.45, 7) is 7.97. The zero-order valence-electron chi connectivity index (χ0n) is 23.4. The van der Waals surface area contributed by atoms with Gasteiger partial charge in [0.25, 0.3) is 0 Å². The van der Waals surface area contributed by atoms with Gasteiger partial charge in [-0.25, -0.2) is 0 Å². The van der Waals surface area contributed by atoms with E-state index in [1.807, 2.05) is 13.0 Å². The SMILES string of the molecule is CC1(O)COCCN(c2nc(OCC34CCCN3CCC4)nc3c2CCN(c2cc(O)cc(Cl)c2C2CC2)C3)C1. The van der Waals surface area contributed by atoms with Gasteiger partial charge in [0, 0.05) is 35.4 Å². The van der Waals surface area contributed by atoms with Crippen LogP contribution in [0.15, 0.2) is 12.1 Å². The number of fused-ring (bicyclic) bond motifs is 2. The van der Waals surface area contributed by atoms with Gasteiger partial charge in [0.1, 0.15) is 23.8 Å². The van der Waals surface area contributed by atoms with Crippen LogP contribution in [0.5, 0.6) is 11.8 Å². The summed E-state index contributed by atoms with van der Waals surface area (Å²) < 4.78 is 12.2. The second kappa shape index (κ2) is 10.2. The molecule has 2 aromatic rings. The first-order chi connectivity index (χ1) is 19.3. The molecule has 1 saturated carbocycles. The fraction of sp³-hybridized carbons (Fsp3) is 0.667. The molecule has 0 amide bonds. The van der Waals surface area contributed by atoms with Gasteiger partial charge >= 0.3 is 6.01 Å². The first-order valence-electron chi connectivity index (χ1n) is 14.9. The molecule has 5 aliphatic rings. The quantitative estimate of drug-likeness (QED) is 0.537. The zero-order valence-corrected chi connectivity index (χ0v) is 24.1. The fourth-order valence-corrected chi connectivity index (χ4v) is 7.75. The number of ether oxygens (including phenoxy) is 2. The molecule has 5 heterocycles. The van der Waals surface area contributed by atoms with Crippen molar-refractivity contribution in [1.82, 2.24) is 14.9 Å². The van der Waals surface area contributed by atoms with Crippen LogP contribution in [0.25, 0.3) is 0 Å². The summed E-state index contributed by atoms with van der Waals surface area (Å²) in [5.74, 6) is 1.48. The second-order valence-electron chi connectivity index (χ2n) is 12.7. The molecule has 0 radical (unpaired) electrons. The molecular formula is C30H40ClN5O4. The number of aromatic hydroxyl groups is 1. The Kier molecular flexibility index (Phi) is 6.77. The van der Waals surface area contributed by atoms with Crippen LogP contribution in [0.2, 0.25) is 5.02 Å². The number of hydrogen-bond acceptors (Lipinski definition) is 9. The Balaban J connectivity index is 1.23. The van der Waals surface area contributed by atoms with Crippen LogP contribution in [0, 0.1) is 0 Å². The molecule has 1 unspecified atom stereocenters. The maximum absolute atomic E-state index is 10.9. The Morgan fingerprint density at radius 1 is 1.10 bits per heavy atom. The highest BCUT2D eigenvalue weighted by atomic mass is 35.5. The molecule has 1 aromatic carbocycles. The number of phenolic OH excluding ortho intramolecular Hbond substituents is 1. The minimum atomic E-state index is -0.972. The number of phenols is 1. The Hall–Kier alpha value is -2.33. The molecule has 4 fully saturated rings. The van der Waals surface area contributed by atoms with Gasteiger partial charge in [0.05, 0.1) is 37.5 Å². The minimum Gasteiger partial charge on any atom is -0.508 e. The normalized spacial score (nSPS) is 26.5. The Bertz CT molecular complexity index is 1280. The van der Waals surface area contributed by atoms with Crippen molar-refractivity contribution in [3.8, 4) is 11.8 Å². The Morgan fingerprint density at radius 2 is 1.90 bits per heavy atom. The van der Waals surface area contributed by atoms with Crippen molar-refractivity contribution in [1.29, 1.82) is 0 Å². The van der Waals surface area contributed by atoms with Crippen molar-refractivity contribution in [2.45, 2.75) is 75.5 Å². The summed E-state index contributed by atoms with van der Waals surface area (Å²) in [4.78, 5) is 17.0. The molecule has 40 heavy (non-hydrogen) atoms. The third kappa shape index (κ3) is 4.99. The summed E-state index contributed by atoms with van der Waals surface area (Å²) in [5.41, 5.74) is 3.30. The molecule has 4 aliphatic heterocycles. The van der Waals surface area contributed by atoms with Gasteiger partial charge in [0.15, 0.2) is 0 Å². The number of hydrogen-bond donors (Lipinski definition) is 2. The zero-order chi connectivity index (χ0) is 27.5. The van der Waals surface area contributed by atoms with Gasteiger partial charge in [-0.05, 0) is 82.5 Å². The molecule has 10 heteroatoms. The molecular weight excluding hydrogens is 530 g/mol. The van der Waals surface area contributed by atoms with Gasteiger partial charge in [-0.1, -0.05) is 11.6 Å². The predicted octanol–water partition coefficient (Wildman–Crippen LogP) is 3.87. The Morgan fingerprint density at radius 3 is 2.67 bits per heavy atom. The van der Waals surface area contributed by atoms with Crippen molar-refractivity contribution < 1.29 is 19.7 Å². The highest BCUT2D eigenvalue weighted by Gasteiger charge is 2.45. The van der Waals surface area contributed by atoms with E-state index < -0.39 is 5.60 Å². The van der Waals surface area contributed by atoms with E-state index in [4.69, 9.17) is 31.0 Å². The van der Waals surface area contributed by atoms with E-state index in [2.05, 4.69) is 14.7 Å². The van der Waals surface area contributed by atoms with E-state index in [1.165, 1.54) is 12.8 Å². The van der Waals surface area contributed by atoms with Crippen LogP contribution in [-0.2, 0) is 17.7 Å². The average Bonchev–Trinajstić information content (AvgIpc) is 3.59. The van der Waals surface area contributed by atoms with Crippen LogP contribution < -0.4 is 14.5 Å². The summed E-state index contributed by atoms with van der Waals surface area (Å²) in [6, 6.07) is 3.91. The number of anilines is 2. The molecule has 1 aromatic heterocycles. The maximum atomic E-state index is 10.9. The van der Waals surface area contributed by atoms with Gasteiger partial charge in [0.2, 0.25) is 0 Å². The number of benzene rings is 1. The van der Waals surface area contributed by atoms with Crippen molar-refractivity contribution in [3.63, 3.8) is 0 Å². The second-order valence-corrected chi connectivity index (χ2v) is 13.1.